The lowest BCUT2D eigenvalue weighted by atomic mass is 10.0. The van der Waals surface area contributed by atoms with Crippen LogP contribution in [0.4, 0.5) is 11.5 Å². The summed E-state index contributed by atoms with van der Waals surface area (Å²) in [4.78, 5) is 234. The molecule has 0 radical (unpaired) electrons. The van der Waals surface area contributed by atoms with Crippen LogP contribution in [0.2, 0.25) is 0 Å². The van der Waals surface area contributed by atoms with Gasteiger partial charge in [0.15, 0.2) is 5.75 Å². The molecule has 15 amide bonds. The Labute approximate surface area is 608 Å². The normalized spacial score (nSPS) is 18.3. The molecule has 9 unspecified atom stereocenters. The number of aliphatic carboxylic acids is 2. The summed E-state index contributed by atoms with van der Waals surface area (Å²) in [5, 5.41) is 123. The van der Waals surface area contributed by atoms with Crippen LogP contribution in [0.25, 0.3) is 11.3 Å². The standard InChI is InChI=1S/C62H92N18O27/c63-16-3-1-7-33(71-60(103)42(29-84)77-62(105)43-15-18-64-52-38(70-47(89)12-14-51(94)95)21-32-22-45(87)46(88)23-44(32)80(43)52)53(96)66-24-48(90)69-35(9-5-19-78(106)30-85)57(100)76-41(28-83)61(104)75-40(27-82)55(98)67-25-49(91)68-34-8-2-4-17-65-54(97)39(26-81)74-59(102)37(11-13-50(92)93)73-58(101)36(72-56(34)99)10-6-20-79(107)31-86/h21-23,30-31,33-37,39-43,64,81-84,87,106-107H,1-20,24-29,63H2,(H,65,97)(H,66,96)(H,67,98)(H,68,91)(H,69,90)(H,70,89)(H,71,103)(H,72,99)(H,73,101)(H,74,102)(H,75,104)(H,76,100)(H,77,105)(H,92,93)(H,94,95)/t33?,34?,35?,36?,37?,39?,40?,41?,42?,43-/m0/s1. The van der Waals surface area contributed by atoms with Crippen LogP contribution in [0.1, 0.15) is 102 Å². The molecule has 0 saturated carbocycles. The summed E-state index contributed by atoms with van der Waals surface area (Å²) in [5.41, 5.74) is 5.06. The Morgan fingerprint density at radius 3 is 1.71 bits per heavy atom. The fourth-order valence-corrected chi connectivity index (χ4v) is 10.8. The monoisotopic (exact) mass is 1520 g/mol. The number of benzene rings is 1. The van der Waals surface area contributed by atoms with E-state index in [1.807, 2.05) is 0 Å². The number of nitrogens with two attached hydrogens (primary N) is 1. The Hall–Kier alpha value is -11.3. The van der Waals surface area contributed by atoms with E-state index in [4.69, 9.17) is 10.8 Å². The number of carbonyl (C=O) groups is 17. The van der Waals surface area contributed by atoms with Crippen molar-refractivity contribution in [2.75, 3.05) is 82.9 Å². The topological polar surface area (TPSA) is 695 Å². The summed E-state index contributed by atoms with van der Waals surface area (Å²) in [6.07, 6.45) is -3.08. The lowest BCUT2D eigenvalue weighted by Crippen LogP contribution is -2.60. The highest BCUT2D eigenvalue weighted by molar-refractivity contribution is 6.00. The van der Waals surface area contributed by atoms with Gasteiger partial charge in [-0.15, -0.1) is 0 Å². The Kier molecular flexibility index (Phi) is 37.2. The molecular formula is C62H92N18O27. The molecule has 107 heavy (non-hydrogen) atoms. The molecule has 0 aromatic heterocycles. The van der Waals surface area contributed by atoms with Gasteiger partial charge < -0.3 is 120 Å². The summed E-state index contributed by atoms with van der Waals surface area (Å²) >= 11 is 0. The molecular weight excluding hydrogens is 1430 g/mol. The van der Waals surface area contributed by atoms with E-state index in [2.05, 4.69) is 74.4 Å². The average Bonchev–Trinajstić information content (AvgIpc) is 0.748. The summed E-state index contributed by atoms with van der Waals surface area (Å²) in [7, 11) is 0. The van der Waals surface area contributed by atoms with Crippen molar-refractivity contribution in [1.82, 2.24) is 78.5 Å². The van der Waals surface area contributed by atoms with Crippen LogP contribution in [0, 0.1) is 0 Å². The second kappa shape index (κ2) is 45.2. The number of hydrogen-bond acceptors (Lipinski definition) is 27. The van der Waals surface area contributed by atoms with Crippen molar-refractivity contribution < 1.29 is 128 Å². The summed E-state index contributed by atoms with van der Waals surface area (Å²) in [5.74, 6) is -17.2. The van der Waals surface area contributed by atoms with E-state index in [0.717, 1.165) is 12.1 Å². The second-order valence-electron chi connectivity index (χ2n) is 24.5. The van der Waals surface area contributed by atoms with E-state index < -0.39 is 238 Å². The van der Waals surface area contributed by atoms with Crippen molar-refractivity contribution in [3.8, 4) is 17.0 Å². The van der Waals surface area contributed by atoms with Crippen molar-refractivity contribution in [2.45, 2.75) is 157 Å². The minimum atomic E-state index is -1.99. The number of unbranched alkanes of at least 4 members (excludes halogenated alkanes) is 1. The molecule has 25 N–H and O–H groups in total. The zero-order chi connectivity index (χ0) is 79.4. The van der Waals surface area contributed by atoms with Gasteiger partial charge in [0.05, 0.1) is 57.3 Å². The van der Waals surface area contributed by atoms with E-state index in [1.165, 1.54) is 10.6 Å². The first kappa shape index (κ1) is 88.1. The largest absolute Gasteiger partial charge is 0.504 e. The first-order valence-corrected chi connectivity index (χ1v) is 33.8. The average molecular weight is 1520 g/mol. The number of aliphatic hydroxyl groups excluding tert-OH is 4. The van der Waals surface area contributed by atoms with E-state index in [0.29, 0.717) is 6.42 Å². The number of hydroxylamine groups is 4. The van der Waals surface area contributed by atoms with Crippen LogP contribution in [0.5, 0.6) is 5.75 Å². The highest BCUT2D eigenvalue weighted by Crippen LogP contribution is 2.40. The fourth-order valence-electron chi connectivity index (χ4n) is 10.8. The number of rotatable bonds is 41. The molecule has 10 atom stereocenters. The molecule has 4 aliphatic rings. The predicted molar refractivity (Wildman–Crippen MR) is 363 cm³/mol. The Bertz CT molecular complexity index is 3530. The number of aliphatic hydroxyl groups is 4. The number of aromatic hydroxyl groups is 1. The number of fused-ring (bicyclic) bond motifs is 3. The van der Waals surface area contributed by atoms with Crippen LogP contribution in [-0.4, -0.2) is 289 Å². The van der Waals surface area contributed by atoms with Gasteiger partial charge in [-0.05, 0) is 95.7 Å². The number of nitrogens with zero attached hydrogens (tertiary/aromatic N) is 3. The number of aromatic nitrogens is 1. The minimum absolute atomic E-state index is 0.0169. The minimum Gasteiger partial charge on any atom is -0.504 e. The van der Waals surface area contributed by atoms with E-state index in [1.54, 1.807) is 0 Å². The predicted octanol–water partition coefficient (Wildman–Crippen LogP) is -10.1. The molecule has 0 spiro atoms. The van der Waals surface area contributed by atoms with Crippen LogP contribution < -0.4 is 85.6 Å². The van der Waals surface area contributed by atoms with Crippen LogP contribution in [-0.2, 0) is 81.5 Å². The SMILES string of the molecule is NCCCCC(NC(=O)C(CO)NC(=O)[C@@H]1CCNc2c(NC(=O)CCC(=O)O)cc3cc(O)c(=O)cc-3n21)C(=O)NCC(=O)NC(CCCN(O)C=O)C(=O)NC(CO)C(=O)NC(CO)C(=O)NCC(=O)NC1CCCCNC(=O)C(CO)NC(=O)C(CCC(=O)O)NC(=O)C(CCCN(O)C=O)NC1=O. The van der Waals surface area contributed by atoms with E-state index in [9.17, 15) is 127 Å². The van der Waals surface area contributed by atoms with Crippen LogP contribution in [0.3, 0.4) is 0 Å². The van der Waals surface area contributed by atoms with Gasteiger partial charge in [-0.2, -0.15) is 0 Å². The molecule has 0 aromatic rings. The van der Waals surface area contributed by atoms with Crippen molar-refractivity contribution in [3.05, 3.63) is 28.4 Å². The van der Waals surface area contributed by atoms with Gasteiger partial charge >= 0.3 is 11.9 Å². The van der Waals surface area contributed by atoms with Crippen molar-refractivity contribution in [2.24, 2.45) is 5.73 Å². The summed E-state index contributed by atoms with van der Waals surface area (Å²) in [6.45, 7) is -7.05. The molecule has 45 heteroatoms. The highest BCUT2D eigenvalue weighted by Gasteiger charge is 2.37. The molecule has 1 saturated heterocycles. The number of amides is 15. The number of carbonyl (C=O) groups excluding carboxylic acids is 15. The zero-order valence-electron chi connectivity index (χ0n) is 57.8. The highest BCUT2D eigenvalue weighted by atomic mass is 16.5. The van der Waals surface area contributed by atoms with Crippen LogP contribution >= 0.6 is 0 Å². The molecule has 592 valence electrons. The van der Waals surface area contributed by atoms with Gasteiger partial charge in [0.25, 0.3) is 0 Å². The van der Waals surface area contributed by atoms with E-state index >= 15 is 0 Å². The maximum Gasteiger partial charge on any atom is 0.303 e. The Morgan fingerprint density at radius 2 is 1.10 bits per heavy atom. The first-order chi connectivity index (χ1) is 50.9. The maximum atomic E-state index is 14.2. The van der Waals surface area contributed by atoms with Crippen molar-refractivity contribution >= 4 is 113 Å². The maximum absolute atomic E-state index is 14.2. The third-order valence-corrected chi connectivity index (χ3v) is 16.5. The van der Waals surface area contributed by atoms with Gasteiger partial charge in [0.2, 0.25) is 95.0 Å². The van der Waals surface area contributed by atoms with Crippen molar-refractivity contribution in [3.63, 3.8) is 0 Å². The smallest absolute Gasteiger partial charge is 0.303 e. The molecule has 4 rings (SSSR count). The van der Waals surface area contributed by atoms with Crippen LogP contribution in [0.15, 0.2) is 23.0 Å². The first-order valence-electron chi connectivity index (χ1n) is 33.8. The molecule has 3 heterocycles. The lowest BCUT2D eigenvalue weighted by Gasteiger charge is -2.34. The Morgan fingerprint density at radius 1 is 0.561 bits per heavy atom. The summed E-state index contributed by atoms with van der Waals surface area (Å²) < 4.78 is 1.30. The summed E-state index contributed by atoms with van der Waals surface area (Å²) in [6, 6.07) is -13.1. The van der Waals surface area contributed by atoms with Gasteiger partial charge in [-0.3, -0.25) is 96.7 Å². The third-order valence-electron chi connectivity index (χ3n) is 16.5. The number of nitrogens with one attached hydrogen (secondary N) is 14. The number of carboxylic acids is 2. The molecule has 1 aliphatic carbocycles. The molecule has 45 nitrogen and oxygen atoms in total. The fraction of sp³-hybridized carbons (Fsp3) is 0.581. The molecule has 1 fully saturated rings. The lowest BCUT2D eigenvalue weighted by molar-refractivity contribution is -0.150. The number of anilines is 2. The second-order valence-corrected chi connectivity index (χ2v) is 24.5. The number of phenolic OH excluding ortho intramolecular Hbond substituents is 1. The molecule has 3 aliphatic heterocycles. The molecule has 0 bridgehead atoms. The van der Waals surface area contributed by atoms with Gasteiger partial charge in [0.1, 0.15) is 66.2 Å². The van der Waals surface area contributed by atoms with Gasteiger partial charge in [-0.1, -0.05) is 0 Å². The zero-order valence-corrected chi connectivity index (χ0v) is 57.8. The number of hydrogen-bond donors (Lipinski definition) is 24. The van der Waals surface area contributed by atoms with Gasteiger partial charge in [-0.25, -0.2) is 10.1 Å². The van der Waals surface area contributed by atoms with E-state index in [-0.39, 0.29) is 130 Å². The van der Waals surface area contributed by atoms with Gasteiger partial charge in [0, 0.05) is 50.7 Å². The van der Waals surface area contributed by atoms with Crippen molar-refractivity contribution in [1.29, 1.82) is 0 Å². The molecule has 0 aromatic carbocycles. The number of phenols is 1. The third kappa shape index (κ3) is 29.0. The number of carboxylic acid groups (broad SMARTS) is 2. The number of pyridine rings is 1. The quantitative estimate of drug-likeness (QED) is 0.0127. The Balaban J connectivity index is 1.44.